The van der Waals surface area contributed by atoms with Crippen LogP contribution in [0.3, 0.4) is 0 Å². The van der Waals surface area contributed by atoms with Crippen LogP contribution in [0, 0.1) is 6.92 Å². The fourth-order valence-corrected chi connectivity index (χ4v) is 2.99. The van der Waals surface area contributed by atoms with Crippen molar-refractivity contribution in [1.29, 1.82) is 0 Å². The number of hydrogen-bond donors (Lipinski definition) is 2. The molecule has 7 nitrogen and oxygen atoms in total. The predicted octanol–water partition coefficient (Wildman–Crippen LogP) is 2.28. The molecule has 134 valence electrons. The number of fused-ring (bicyclic) bond motifs is 1. The minimum absolute atomic E-state index is 0.104. The van der Waals surface area contributed by atoms with Crippen molar-refractivity contribution in [3.8, 4) is 0 Å². The Morgan fingerprint density at radius 1 is 1.24 bits per heavy atom. The molecule has 8 heteroatoms. The third-order valence-corrected chi connectivity index (χ3v) is 4.22. The summed E-state index contributed by atoms with van der Waals surface area (Å²) in [6, 6.07) is 7.14. The van der Waals surface area contributed by atoms with Gasteiger partial charge in [0.15, 0.2) is 0 Å². The SMILES string of the molecule is CCOCCCNC(=O)NC(=O)CSc1nc(C)nc2ccccc12. The van der Waals surface area contributed by atoms with E-state index in [0.717, 1.165) is 15.9 Å². The van der Waals surface area contributed by atoms with Crippen LogP contribution in [0.5, 0.6) is 0 Å². The van der Waals surface area contributed by atoms with Crippen molar-refractivity contribution >= 4 is 34.6 Å². The fraction of sp³-hybridized carbons (Fsp3) is 0.412. The van der Waals surface area contributed by atoms with Gasteiger partial charge in [-0.2, -0.15) is 0 Å². The van der Waals surface area contributed by atoms with Crippen LogP contribution in [0.1, 0.15) is 19.2 Å². The number of carbonyl (C=O) groups is 2. The van der Waals surface area contributed by atoms with E-state index >= 15 is 0 Å². The van der Waals surface area contributed by atoms with Crippen LogP contribution in [0.4, 0.5) is 4.79 Å². The molecule has 0 aliphatic rings. The highest BCUT2D eigenvalue weighted by molar-refractivity contribution is 8.00. The Hall–Kier alpha value is -2.19. The maximum absolute atomic E-state index is 11.9. The van der Waals surface area contributed by atoms with Gasteiger partial charge in [0.25, 0.3) is 0 Å². The van der Waals surface area contributed by atoms with Crippen molar-refractivity contribution < 1.29 is 14.3 Å². The Kier molecular flexibility index (Phi) is 7.62. The molecule has 0 saturated heterocycles. The highest BCUT2D eigenvalue weighted by Crippen LogP contribution is 2.24. The number of ether oxygens (including phenoxy) is 1. The predicted molar refractivity (Wildman–Crippen MR) is 97.7 cm³/mol. The van der Waals surface area contributed by atoms with Crippen LogP contribution in [0.2, 0.25) is 0 Å². The van der Waals surface area contributed by atoms with Gasteiger partial charge in [0.2, 0.25) is 5.91 Å². The van der Waals surface area contributed by atoms with Gasteiger partial charge in [-0.1, -0.05) is 30.0 Å². The largest absolute Gasteiger partial charge is 0.382 e. The summed E-state index contributed by atoms with van der Waals surface area (Å²) in [6.07, 6.45) is 0.705. The van der Waals surface area contributed by atoms with Crippen LogP contribution in [0.15, 0.2) is 29.3 Å². The second kappa shape index (κ2) is 9.95. The topological polar surface area (TPSA) is 93.2 Å². The molecule has 2 N–H and O–H groups in total. The molecule has 0 aliphatic carbocycles. The number of para-hydroxylation sites is 1. The first-order valence-electron chi connectivity index (χ1n) is 8.11. The van der Waals surface area contributed by atoms with Gasteiger partial charge in [0, 0.05) is 25.1 Å². The average molecular weight is 362 g/mol. The Morgan fingerprint density at radius 3 is 2.84 bits per heavy atom. The van der Waals surface area contributed by atoms with Gasteiger partial charge in [-0.15, -0.1) is 0 Å². The van der Waals surface area contributed by atoms with E-state index in [1.165, 1.54) is 11.8 Å². The summed E-state index contributed by atoms with van der Waals surface area (Å²) in [5.74, 6) is 0.383. The standard InChI is InChI=1S/C17H22N4O3S/c1-3-24-10-6-9-18-17(23)21-15(22)11-25-16-13-7-4-5-8-14(13)19-12(2)20-16/h4-5,7-8H,3,6,9-11H2,1-2H3,(H2,18,21,22,23). The zero-order valence-corrected chi connectivity index (χ0v) is 15.2. The van der Waals surface area contributed by atoms with Crippen LogP contribution in [-0.2, 0) is 9.53 Å². The van der Waals surface area contributed by atoms with Crippen molar-refractivity contribution in [2.45, 2.75) is 25.3 Å². The number of aryl methyl sites for hydroxylation is 1. The molecule has 1 aromatic carbocycles. The van der Waals surface area contributed by atoms with Crippen LogP contribution in [-0.4, -0.2) is 47.4 Å². The number of urea groups is 1. The van der Waals surface area contributed by atoms with Gasteiger partial charge in [-0.25, -0.2) is 14.8 Å². The lowest BCUT2D eigenvalue weighted by molar-refractivity contribution is -0.117. The molecule has 2 aromatic rings. The number of rotatable bonds is 8. The molecule has 0 spiro atoms. The fourth-order valence-electron chi connectivity index (χ4n) is 2.13. The van der Waals surface area contributed by atoms with Crippen molar-refractivity contribution in [3.63, 3.8) is 0 Å². The Bertz CT molecular complexity index is 739. The van der Waals surface area contributed by atoms with E-state index in [-0.39, 0.29) is 11.7 Å². The number of nitrogens with zero attached hydrogens (tertiary/aromatic N) is 2. The molecule has 0 aliphatic heterocycles. The normalized spacial score (nSPS) is 10.6. The maximum atomic E-state index is 11.9. The first-order chi connectivity index (χ1) is 12.1. The summed E-state index contributed by atoms with van der Waals surface area (Å²) >= 11 is 1.29. The lowest BCUT2D eigenvalue weighted by atomic mass is 10.2. The van der Waals surface area contributed by atoms with Crippen molar-refractivity contribution in [3.05, 3.63) is 30.1 Å². The summed E-state index contributed by atoms with van der Waals surface area (Å²) in [6.45, 7) is 5.42. The van der Waals surface area contributed by atoms with Crippen LogP contribution >= 0.6 is 11.8 Å². The molecule has 0 bridgehead atoms. The number of thioether (sulfide) groups is 1. The van der Waals surface area contributed by atoms with E-state index in [9.17, 15) is 9.59 Å². The van der Waals surface area contributed by atoms with Gasteiger partial charge in [-0.05, 0) is 26.3 Å². The molecule has 25 heavy (non-hydrogen) atoms. The molecular weight excluding hydrogens is 340 g/mol. The van der Waals surface area contributed by atoms with Crippen molar-refractivity contribution in [2.24, 2.45) is 0 Å². The van der Waals surface area contributed by atoms with E-state index < -0.39 is 6.03 Å². The zero-order chi connectivity index (χ0) is 18.1. The van der Waals surface area contributed by atoms with E-state index in [4.69, 9.17) is 4.74 Å². The highest BCUT2D eigenvalue weighted by Gasteiger charge is 2.11. The number of imide groups is 1. The Labute approximate surface area is 150 Å². The van der Waals surface area contributed by atoms with Gasteiger partial charge in [0.05, 0.1) is 11.3 Å². The number of amides is 3. The number of benzene rings is 1. The third kappa shape index (κ3) is 6.32. The molecule has 0 fully saturated rings. The second-order valence-electron chi connectivity index (χ2n) is 5.24. The molecule has 0 unspecified atom stereocenters. The van der Waals surface area contributed by atoms with E-state index in [1.807, 2.05) is 38.1 Å². The van der Waals surface area contributed by atoms with E-state index in [2.05, 4.69) is 20.6 Å². The third-order valence-electron chi connectivity index (χ3n) is 3.23. The van der Waals surface area contributed by atoms with Crippen LogP contribution in [0.25, 0.3) is 10.9 Å². The van der Waals surface area contributed by atoms with E-state index in [0.29, 0.717) is 32.0 Å². The zero-order valence-electron chi connectivity index (χ0n) is 14.4. The van der Waals surface area contributed by atoms with Gasteiger partial charge < -0.3 is 10.1 Å². The average Bonchev–Trinajstić information content (AvgIpc) is 2.59. The van der Waals surface area contributed by atoms with Gasteiger partial charge in [0.1, 0.15) is 10.9 Å². The summed E-state index contributed by atoms with van der Waals surface area (Å²) < 4.78 is 5.17. The minimum atomic E-state index is -0.495. The highest BCUT2D eigenvalue weighted by atomic mass is 32.2. The molecule has 0 atom stereocenters. The summed E-state index contributed by atoms with van der Waals surface area (Å²) in [5, 5.41) is 6.56. The summed E-state index contributed by atoms with van der Waals surface area (Å²) in [4.78, 5) is 32.3. The lowest BCUT2D eigenvalue weighted by Crippen LogP contribution is -2.40. The van der Waals surface area contributed by atoms with Gasteiger partial charge >= 0.3 is 6.03 Å². The summed E-state index contributed by atoms with van der Waals surface area (Å²) in [5.41, 5.74) is 0.838. The number of nitrogens with one attached hydrogen (secondary N) is 2. The monoisotopic (exact) mass is 362 g/mol. The van der Waals surface area contributed by atoms with Crippen molar-refractivity contribution in [2.75, 3.05) is 25.5 Å². The molecule has 0 radical (unpaired) electrons. The molecule has 3 amide bonds. The maximum Gasteiger partial charge on any atom is 0.321 e. The van der Waals surface area contributed by atoms with E-state index in [1.54, 1.807) is 0 Å². The lowest BCUT2D eigenvalue weighted by Gasteiger charge is -2.08. The molecule has 1 heterocycles. The molecule has 2 rings (SSSR count). The minimum Gasteiger partial charge on any atom is -0.382 e. The quantitative estimate of drug-likeness (QED) is 0.425. The number of carbonyl (C=O) groups excluding carboxylic acids is 2. The number of aromatic nitrogens is 2. The smallest absolute Gasteiger partial charge is 0.321 e. The van der Waals surface area contributed by atoms with Crippen LogP contribution < -0.4 is 10.6 Å². The second-order valence-corrected chi connectivity index (χ2v) is 6.20. The summed E-state index contributed by atoms with van der Waals surface area (Å²) in [7, 11) is 0. The van der Waals surface area contributed by atoms with Gasteiger partial charge in [-0.3, -0.25) is 10.1 Å². The molecule has 1 aromatic heterocycles. The Balaban J connectivity index is 1.81. The Morgan fingerprint density at radius 2 is 2.04 bits per heavy atom. The molecule has 0 saturated carbocycles. The number of hydrogen-bond acceptors (Lipinski definition) is 6. The molecular formula is C17H22N4O3S. The first kappa shape index (κ1) is 19.1. The first-order valence-corrected chi connectivity index (χ1v) is 9.10. The van der Waals surface area contributed by atoms with Crippen molar-refractivity contribution in [1.82, 2.24) is 20.6 Å².